The van der Waals surface area contributed by atoms with Crippen LogP contribution in [0.1, 0.15) is 33.6 Å². The molecular formula is C19H30N6O2. The molecule has 0 unspecified atom stereocenters. The number of likely N-dealkylation sites (tertiary alicyclic amines) is 1. The average Bonchev–Trinajstić information content (AvgIpc) is 3.15. The Kier molecular flexibility index (Phi) is 6.76. The van der Waals surface area contributed by atoms with Gasteiger partial charge in [0, 0.05) is 51.7 Å². The summed E-state index contributed by atoms with van der Waals surface area (Å²) in [7, 11) is 3.56. The van der Waals surface area contributed by atoms with E-state index in [-0.39, 0.29) is 12.1 Å². The summed E-state index contributed by atoms with van der Waals surface area (Å²) >= 11 is 0. The highest BCUT2D eigenvalue weighted by Gasteiger charge is 2.29. The molecule has 27 heavy (non-hydrogen) atoms. The zero-order chi connectivity index (χ0) is 20.0. The predicted octanol–water partition coefficient (Wildman–Crippen LogP) is 2.74. The van der Waals surface area contributed by atoms with Crippen molar-refractivity contribution in [1.29, 1.82) is 0 Å². The maximum Gasteiger partial charge on any atom is 0.410 e. The number of amidine groups is 1. The van der Waals surface area contributed by atoms with Gasteiger partial charge in [-0.15, -0.1) is 0 Å². The highest BCUT2D eigenvalue weighted by molar-refractivity contribution is 5.97. The van der Waals surface area contributed by atoms with Gasteiger partial charge < -0.3 is 14.5 Å². The Labute approximate surface area is 161 Å². The summed E-state index contributed by atoms with van der Waals surface area (Å²) in [6.45, 7) is 10.8. The van der Waals surface area contributed by atoms with Crippen LogP contribution in [0.3, 0.4) is 0 Å². The first kappa shape index (κ1) is 20.7. The van der Waals surface area contributed by atoms with Crippen molar-refractivity contribution in [1.82, 2.24) is 19.6 Å². The number of aromatic nitrogens is 2. The molecule has 0 N–H and O–H groups in total. The molecule has 8 heteroatoms. The van der Waals surface area contributed by atoms with E-state index in [1.165, 1.54) is 0 Å². The molecule has 0 saturated carbocycles. The molecule has 148 valence electrons. The third kappa shape index (κ3) is 5.67. The van der Waals surface area contributed by atoms with Crippen LogP contribution in [-0.4, -0.2) is 77.1 Å². The van der Waals surface area contributed by atoms with E-state index in [0.717, 1.165) is 31.8 Å². The molecular weight excluding hydrogens is 344 g/mol. The van der Waals surface area contributed by atoms with Gasteiger partial charge in [-0.1, -0.05) is 0 Å². The van der Waals surface area contributed by atoms with E-state index in [2.05, 4.69) is 26.7 Å². The van der Waals surface area contributed by atoms with Gasteiger partial charge in [0.15, 0.2) is 5.82 Å². The highest BCUT2D eigenvalue weighted by Crippen LogP contribution is 2.19. The van der Waals surface area contributed by atoms with Crippen molar-refractivity contribution < 1.29 is 9.53 Å². The van der Waals surface area contributed by atoms with Gasteiger partial charge in [-0.05, 0) is 46.4 Å². The van der Waals surface area contributed by atoms with Crippen molar-refractivity contribution in [2.24, 2.45) is 9.98 Å². The normalized spacial score (nSPS) is 17.0. The van der Waals surface area contributed by atoms with Crippen LogP contribution in [-0.2, 0) is 4.74 Å². The van der Waals surface area contributed by atoms with Gasteiger partial charge in [0.1, 0.15) is 11.4 Å². The lowest BCUT2D eigenvalue weighted by Crippen LogP contribution is -2.48. The summed E-state index contributed by atoms with van der Waals surface area (Å²) in [4.78, 5) is 24.6. The Morgan fingerprint density at radius 2 is 2.04 bits per heavy atom. The van der Waals surface area contributed by atoms with E-state index in [1.807, 2.05) is 39.1 Å². The van der Waals surface area contributed by atoms with Crippen LogP contribution in [0.4, 0.5) is 4.79 Å². The molecule has 1 aromatic rings. The number of carbonyl (C=O) groups is 1. The Morgan fingerprint density at radius 1 is 1.37 bits per heavy atom. The van der Waals surface area contributed by atoms with Gasteiger partial charge in [-0.2, -0.15) is 5.10 Å². The lowest BCUT2D eigenvalue weighted by atomic mass is 10.0. The minimum atomic E-state index is -0.487. The second-order valence-corrected chi connectivity index (χ2v) is 7.50. The molecule has 1 aliphatic rings. The quantitative estimate of drug-likeness (QED) is 0.600. The standard InChI is InChI=1S/C19H30N6O2/c1-19(2,3)27-18(26)23(6)15-8-12-24(13-9-15)16(20-4)14-17(21-5)25-11-7-10-22-25/h7,10-11,14-15H,5,8-9,12-13H2,1-4,6H3/b17-14+,20-16+. The first-order valence-corrected chi connectivity index (χ1v) is 9.11. The molecule has 0 spiro atoms. The number of hydrogen-bond donors (Lipinski definition) is 0. The Hall–Kier alpha value is -2.64. The summed E-state index contributed by atoms with van der Waals surface area (Å²) in [6, 6.07) is 1.99. The molecule has 2 rings (SSSR count). The van der Waals surface area contributed by atoms with Crippen LogP contribution in [0.15, 0.2) is 34.5 Å². The monoisotopic (exact) mass is 374 g/mol. The van der Waals surface area contributed by atoms with Gasteiger partial charge in [0.05, 0.1) is 0 Å². The van der Waals surface area contributed by atoms with Crippen LogP contribution in [0.2, 0.25) is 0 Å². The van der Waals surface area contributed by atoms with Crippen molar-refractivity contribution in [2.75, 3.05) is 27.2 Å². The van der Waals surface area contributed by atoms with E-state index in [1.54, 1.807) is 29.9 Å². The predicted molar refractivity (Wildman–Crippen MR) is 108 cm³/mol. The second-order valence-electron chi connectivity index (χ2n) is 7.50. The lowest BCUT2D eigenvalue weighted by Gasteiger charge is -2.38. The zero-order valence-electron chi connectivity index (χ0n) is 16.9. The molecule has 1 aliphatic heterocycles. The van der Waals surface area contributed by atoms with Crippen molar-refractivity contribution in [3.63, 3.8) is 0 Å². The smallest absolute Gasteiger partial charge is 0.410 e. The first-order valence-electron chi connectivity index (χ1n) is 9.11. The number of piperidine rings is 1. The van der Waals surface area contributed by atoms with Crippen molar-refractivity contribution in [3.8, 4) is 0 Å². The largest absolute Gasteiger partial charge is 0.444 e. The van der Waals surface area contributed by atoms with Crippen molar-refractivity contribution >= 4 is 24.5 Å². The minimum absolute atomic E-state index is 0.154. The highest BCUT2D eigenvalue weighted by atomic mass is 16.6. The summed E-state index contributed by atoms with van der Waals surface area (Å²) < 4.78 is 7.12. The van der Waals surface area contributed by atoms with Crippen LogP contribution >= 0.6 is 0 Å². The molecule has 0 aliphatic carbocycles. The van der Waals surface area contributed by atoms with Gasteiger partial charge in [0.2, 0.25) is 0 Å². The number of rotatable bonds is 4. The van der Waals surface area contributed by atoms with Crippen molar-refractivity contribution in [2.45, 2.75) is 45.3 Å². The molecule has 2 heterocycles. The summed E-state index contributed by atoms with van der Waals surface area (Å²) in [6.07, 6.45) is 6.80. The molecule has 1 aromatic heterocycles. The first-order chi connectivity index (χ1) is 12.7. The second kappa shape index (κ2) is 8.83. The Morgan fingerprint density at radius 3 is 2.52 bits per heavy atom. The topological polar surface area (TPSA) is 75.3 Å². The molecule has 1 amide bonds. The van der Waals surface area contributed by atoms with Crippen LogP contribution in [0.25, 0.3) is 5.82 Å². The van der Waals surface area contributed by atoms with E-state index in [0.29, 0.717) is 5.82 Å². The molecule has 1 saturated heterocycles. The maximum atomic E-state index is 12.3. The summed E-state index contributed by atoms with van der Waals surface area (Å²) in [5.74, 6) is 1.44. The van der Waals surface area contributed by atoms with Gasteiger partial charge in [-0.25, -0.2) is 14.5 Å². The van der Waals surface area contributed by atoms with Gasteiger partial charge >= 0.3 is 6.09 Å². The van der Waals surface area contributed by atoms with Crippen LogP contribution in [0.5, 0.6) is 0 Å². The molecule has 8 nitrogen and oxygen atoms in total. The fourth-order valence-electron chi connectivity index (χ4n) is 2.97. The molecule has 0 bridgehead atoms. The van der Waals surface area contributed by atoms with Gasteiger partial charge in [0.25, 0.3) is 0 Å². The lowest BCUT2D eigenvalue weighted by molar-refractivity contribution is 0.0175. The Balaban J connectivity index is 1.99. The zero-order valence-corrected chi connectivity index (χ0v) is 16.9. The SMILES string of the molecule is C=N/C(=C\C(=N/C)N1CCC(N(C)C(=O)OC(C)(C)C)CC1)n1cccn1. The number of nitrogens with zero attached hydrogens (tertiary/aromatic N) is 6. The fourth-order valence-corrected chi connectivity index (χ4v) is 2.97. The number of carbonyl (C=O) groups excluding carboxylic acids is 1. The third-order valence-corrected chi connectivity index (χ3v) is 4.41. The van der Waals surface area contributed by atoms with Crippen LogP contribution in [0, 0.1) is 0 Å². The fraction of sp³-hybridized carbons (Fsp3) is 0.579. The summed E-state index contributed by atoms with van der Waals surface area (Å²) in [5, 5.41) is 4.19. The van der Waals surface area contributed by atoms with Gasteiger partial charge in [-0.3, -0.25) is 4.99 Å². The van der Waals surface area contributed by atoms with E-state index < -0.39 is 5.60 Å². The van der Waals surface area contributed by atoms with Crippen LogP contribution < -0.4 is 0 Å². The van der Waals surface area contributed by atoms with E-state index in [9.17, 15) is 4.79 Å². The molecule has 0 radical (unpaired) electrons. The molecule has 0 atom stereocenters. The molecule has 0 aromatic carbocycles. The number of aliphatic imine (C=N–C) groups is 2. The average molecular weight is 374 g/mol. The minimum Gasteiger partial charge on any atom is -0.444 e. The number of hydrogen-bond acceptors (Lipinski definition) is 5. The van der Waals surface area contributed by atoms with E-state index >= 15 is 0 Å². The Bertz CT molecular complexity index is 694. The maximum absolute atomic E-state index is 12.3. The summed E-state index contributed by atoms with van der Waals surface area (Å²) in [5.41, 5.74) is -0.487. The van der Waals surface area contributed by atoms with Crippen molar-refractivity contribution in [3.05, 3.63) is 24.5 Å². The number of ether oxygens (including phenoxy) is 1. The van der Waals surface area contributed by atoms with E-state index in [4.69, 9.17) is 4.74 Å². The number of amides is 1. The third-order valence-electron chi connectivity index (χ3n) is 4.41. The molecule has 1 fully saturated rings.